The maximum Gasteiger partial charge on any atom is 0.163 e. The lowest BCUT2D eigenvalue weighted by atomic mass is 9.87. The molecule has 1 N–H and O–H groups in total. The number of anilines is 1. The minimum atomic E-state index is -0.903. The fraction of sp³-hybridized carbons (Fsp3) is 0.346. The topological polar surface area (TPSA) is 67.1 Å². The van der Waals surface area contributed by atoms with E-state index in [1.54, 1.807) is 6.33 Å². The highest BCUT2D eigenvalue weighted by Gasteiger charge is 2.51. The van der Waals surface area contributed by atoms with Crippen LogP contribution in [0.25, 0.3) is 28.0 Å². The molecule has 0 radical (unpaired) electrons. The van der Waals surface area contributed by atoms with Gasteiger partial charge in [0, 0.05) is 16.6 Å². The fourth-order valence-corrected chi connectivity index (χ4v) is 6.09. The SMILES string of the molecule is CCC1CC2CCC(O)(C1)N2c1ncnc2c(-c3ccc(Cl)cc3)n(-c3ccccc3Cl)nc12. The molecular formula is C26H25Cl2N5O. The number of aromatic nitrogens is 4. The molecule has 2 saturated heterocycles. The van der Waals surface area contributed by atoms with E-state index < -0.39 is 5.72 Å². The van der Waals surface area contributed by atoms with E-state index in [2.05, 4.69) is 21.8 Å². The first-order valence-electron chi connectivity index (χ1n) is 11.7. The zero-order chi connectivity index (χ0) is 23.4. The molecule has 0 spiro atoms. The zero-order valence-corrected chi connectivity index (χ0v) is 20.3. The predicted octanol–water partition coefficient (Wildman–Crippen LogP) is 6.27. The van der Waals surface area contributed by atoms with Gasteiger partial charge in [-0.3, -0.25) is 0 Å². The summed E-state index contributed by atoms with van der Waals surface area (Å²) in [4.78, 5) is 11.4. The second-order valence-corrected chi connectivity index (χ2v) is 10.2. The van der Waals surface area contributed by atoms with Crippen LogP contribution in [0.1, 0.15) is 39.0 Å². The smallest absolute Gasteiger partial charge is 0.163 e. The highest BCUT2D eigenvalue weighted by atomic mass is 35.5. The van der Waals surface area contributed by atoms with E-state index in [9.17, 15) is 5.11 Å². The Hall–Kier alpha value is -2.67. The monoisotopic (exact) mass is 493 g/mol. The number of benzene rings is 2. The molecule has 6 rings (SSSR count). The summed E-state index contributed by atoms with van der Waals surface area (Å²) < 4.78 is 1.83. The van der Waals surface area contributed by atoms with E-state index in [0.29, 0.717) is 32.8 Å². The Morgan fingerprint density at radius 2 is 1.85 bits per heavy atom. The van der Waals surface area contributed by atoms with Crippen molar-refractivity contribution in [3.63, 3.8) is 0 Å². The minimum Gasteiger partial charge on any atom is -0.371 e. The van der Waals surface area contributed by atoms with Crippen molar-refractivity contribution in [2.75, 3.05) is 4.90 Å². The molecule has 0 amide bonds. The van der Waals surface area contributed by atoms with Gasteiger partial charge in [0.25, 0.3) is 0 Å². The molecule has 0 saturated carbocycles. The number of nitrogens with zero attached hydrogens (tertiary/aromatic N) is 5. The van der Waals surface area contributed by atoms with Crippen LogP contribution in [0, 0.1) is 5.92 Å². The molecule has 3 atom stereocenters. The average Bonchev–Trinajstić information content (AvgIpc) is 3.32. The molecule has 6 nitrogen and oxygen atoms in total. The normalized spacial score (nSPS) is 24.2. The minimum absolute atomic E-state index is 0.242. The maximum absolute atomic E-state index is 11.7. The van der Waals surface area contributed by atoms with Crippen molar-refractivity contribution in [1.29, 1.82) is 0 Å². The third kappa shape index (κ3) is 3.39. The van der Waals surface area contributed by atoms with Gasteiger partial charge < -0.3 is 10.0 Å². The molecule has 8 heteroatoms. The van der Waals surface area contributed by atoms with Crippen LogP contribution in [0.4, 0.5) is 5.82 Å². The Bertz CT molecular complexity index is 1370. The van der Waals surface area contributed by atoms with Crippen LogP contribution < -0.4 is 4.90 Å². The van der Waals surface area contributed by atoms with Gasteiger partial charge >= 0.3 is 0 Å². The number of piperidine rings is 1. The van der Waals surface area contributed by atoms with Gasteiger partial charge in [-0.05, 0) is 55.9 Å². The summed E-state index contributed by atoms with van der Waals surface area (Å²) in [5.41, 5.74) is 2.96. The summed E-state index contributed by atoms with van der Waals surface area (Å²) in [5.74, 6) is 1.21. The van der Waals surface area contributed by atoms with Crippen molar-refractivity contribution in [1.82, 2.24) is 19.7 Å². The van der Waals surface area contributed by atoms with Crippen molar-refractivity contribution < 1.29 is 5.11 Å². The van der Waals surface area contributed by atoms with Crippen LogP contribution in [0.2, 0.25) is 10.0 Å². The molecule has 2 aliphatic rings. The van der Waals surface area contributed by atoms with Crippen molar-refractivity contribution in [2.24, 2.45) is 5.92 Å². The number of rotatable bonds is 4. The van der Waals surface area contributed by atoms with Crippen molar-refractivity contribution in [2.45, 2.75) is 50.8 Å². The quantitative estimate of drug-likeness (QED) is 0.362. The van der Waals surface area contributed by atoms with Gasteiger partial charge in [-0.1, -0.05) is 60.8 Å². The number of halogens is 2. The van der Waals surface area contributed by atoms with Crippen LogP contribution in [-0.4, -0.2) is 36.6 Å². The average molecular weight is 494 g/mol. The maximum atomic E-state index is 11.7. The summed E-state index contributed by atoms with van der Waals surface area (Å²) in [6.45, 7) is 2.20. The van der Waals surface area contributed by atoms with Crippen molar-refractivity contribution >= 4 is 40.1 Å². The summed E-state index contributed by atoms with van der Waals surface area (Å²) in [6.07, 6.45) is 6.15. The Morgan fingerprint density at radius 1 is 1.06 bits per heavy atom. The third-order valence-corrected chi connectivity index (χ3v) is 7.93. The van der Waals surface area contributed by atoms with Crippen LogP contribution >= 0.6 is 23.2 Å². The van der Waals surface area contributed by atoms with Crippen molar-refractivity contribution in [3.05, 3.63) is 64.9 Å². The van der Waals surface area contributed by atoms with E-state index in [-0.39, 0.29) is 6.04 Å². The van der Waals surface area contributed by atoms with E-state index in [1.807, 2.05) is 53.2 Å². The molecule has 2 aromatic heterocycles. The van der Waals surface area contributed by atoms with Gasteiger partial charge in [-0.25, -0.2) is 14.6 Å². The van der Waals surface area contributed by atoms with E-state index >= 15 is 0 Å². The summed E-state index contributed by atoms with van der Waals surface area (Å²) in [6, 6.07) is 15.5. The van der Waals surface area contributed by atoms with Crippen LogP contribution in [-0.2, 0) is 0 Å². The van der Waals surface area contributed by atoms with Crippen LogP contribution in [0.3, 0.4) is 0 Å². The number of aliphatic hydroxyl groups is 1. The Labute approximate surface area is 208 Å². The molecule has 2 fully saturated rings. The first kappa shape index (κ1) is 21.8. The van der Waals surface area contributed by atoms with Gasteiger partial charge in [0.2, 0.25) is 0 Å². The molecule has 2 aromatic carbocycles. The molecule has 2 aliphatic heterocycles. The largest absolute Gasteiger partial charge is 0.371 e. The Kier molecular flexibility index (Phi) is 5.28. The van der Waals surface area contributed by atoms with Crippen LogP contribution in [0.5, 0.6) is 0 Å². The highest BCUT2D eigenvalue weighted by Crippen LogP contribution is 2.49. The molecule has 3 unspecified atom stereocenters. The predicted molar refractivity (Wildman–Crippen MR) is 136 cm³/mol. The molecule has 34 heavy (non-hydrogen) atoms. The van der Waals surface area contributed by atoms with Crippen molar-refractivity contribution in [3.8, 4) is 16.9 Å². The number of hydrogen-bond acceptors (Lipinski definition) is 5. The van der Waals surface area contributed by atoms with Gasteiger partial charge in [0.1, 0.15) is 23.3 Å². The molecule has 2 bridgehead atoms. The molecule has 4 aromatic rings. The van der Waals surface area contributed by atoms with Gasteiger partial charge in [0.15, 0.2) is 11.3 Å². The first-order valence-corrected chi connectivity index (χ1v) is 12.5. The lowest BCUT2D eigenvalue weighted by Gasteiger charge is -2.45. The second kappa shape index (κ2) is 8.22. The molecule has 0 aliphatic carbocycles. The van der Waals surface area contributed by atoms with E-state index in [4.69, 9.17) is 28.3 Å². The first-order chi connectivity index (χ1) is 16.5. The van der Waals surface area contributed by atoms with Crippen LogP contribution in [0.15, 0.2) is 54.9 Å². The Balaban J connectivity index is 1.59. The summed E-state index contributed by atoms with van der Waals surface area (Å²) in [5, 5.41) is 17.9. The number of para-hydroxylation sites is 1. The van der Waals surface area contributed by atoms with Gasteiger partial charge in [-0.15, -0.1) is 0 Å². The number of hydrogen-bond donors (Lipinski definition) is 1. The van der Waals surface area contributed by atoms with E-state index in [0.717, 1.165) is 49.0 Å². The molecule has 4 heterocycles. The number of fused-ring (bicyclic) bond motifs is 3. The van der Waals surface area contributed by atoms with Gasteiger partial charge in [0.05, 0.1) is 10.7 Å². The van der Waals surface area contributed by atoms with Gasteiger partial charge in [-0.2, -0.15) is 5.10 Å². The summed E-state index contributed by atoms with van der Waals surface area (Å²) in [7, 11) is 0. The van der Waals surface area contributed by atoms with E-state index in [1.165, 1.54) is 0 Å². The molecule has 174 valence electrons. The lowest BCUT2D eigenvalue weighted by molar-refractivity contribution is 0.00738. The standard InChI is InChI=1S/C26H25Cl2N5O/c1-2-16-13-19-11-12-26(34,14-16)32(19)25-23-22(29-15-30-25)24(17-7-9-18(27)10-8-17)33(31-23)21-6-4-3-5-20(21)28/h3-10,15-16,19,34H,2,11-14H2,1H3. The fourth-order valence-electron chi connectivity index (χ4n) is 5.75. The summed E-state index contributed by atoms with van der Waals surface area (Å²) >= 11 is 12.8. The highest BCUT2D eigenvalue weighted by molar-refractivity contribution is 6.32. The third-order valence-electron chi connectivity index (χ3n) is 7.36. The zero-order valence-electron chi connectivity index (χ0n) is 18.8. The lowest BCUT2D eigenvalue weighted by Crippen LogP contribution is -2.53. The second-order valence-electron chi connectivity index (χ2n) is 9.37. The Morgan fingerprint density at radius 3 is 2.59 bits per heavy atom. The molecular weight excluding hydrogens is 469 g/mol.